The van der Waals surface area contributed by atoms with Crippen molar-refractivity contribution in [1.29, 1.82) is 0 Å². The molecule has 1 fully saturated rings. The van der Waals surface area contributed by atoms with E-state index in [9.17, 15) is 4.79 Å². The van der Waals surface area contributed by atoms with Crippen LogP contribution in [-0.4, -0.2) is 24.4 Å². The highest BCUT2D eigenvalue weighted by molar-refractivity contribution is 6.30. The van der Waals surface area contributed by atoms with Crippen LogP contribution in [0, 0.1) is 5.92 Å². The molecular weight excluding hydrogens is 212 g/mol. The molecule has 0 aromatic carbocycles. The fraction of sp³-hybridized carbons (Fsp3) is 0.455. The normalized spacial score (nSPS) is 21.4. The first-order chi connectivity index (χ1) is 7.29. The lowest BCUT2D eigenvalue weighted by atomic mass is 10.00. The van der Waals surface area contributed by atoms with Gasteiger partial charge in [0.25, 0.3) is 0 Å². The Morgan fingerprint density at radius 1 is 1.53 bits per heavy atom. The van der Waals surface area contributed by atoms with E-state index >= 15 is 0 Å². The van der Waals surface area contributed by atoms with Crippen molar-refractivity contribution in [3.8, 4) is 0 Å². The number of hydrogen-bond acceptors (Lipinski definition) is 3. The second-order valence-electron chi connectivity index (χ2n) is 3.82. The van der Waals surface area contributed by atoms with Crippen LogP contribution in [0.15, 0.2) is 18.3 Å². The zero-order valence-electron chi connectivity index (χ0n) is 8.40. The Morgan fingerprint density at radius 3 is 3.07 bits per heavy atom. The Morgan fingerprint density at radius 2 is 2.40 bits per heavy atom. The SMILES string of the molecule is O=CC1CCCN(c2ccc(Cl)cn2)C1. The van der Waals surface area contributed by atoms with E-state index in [1.807, 2.05) is 12.1 Å². The Hall–Kier alpha value is -1.09. The van der Waals surface area contributed by atoms with Crippen molar-refractivity contribution in [3.05, 3.63) is 23.4 Å². The molecule has 1 atom stereocenters. The van der Waals surface area contributed by atoms with Crippen molar-refractivity contribution in [2.75, 3.05) is 18.0 Å². The quantitative estimate of drug-likeness (QED) is 0.722. The number of anilines is 1. The molecule has 1 aromatic rings. The molecule has 0 N–H and O–H groups in total. The van der Waals surface area contributed by atoms with Gasteiger partial charge in [0.1, 0.15) is 12.1 Å². The second-order valence-corrected chi connectivity index (χ2v) is 4.26. The lowest BCUT2D eigenvalue weighted by Gasteiger charge is -2.31. The van der Waals surface area contributed by atoms with Gasteiger partial charge in [0, 0.05) is 25.2 Å². The summed E-state index contributed by atoms with van der Waals surface area (Å²) in [5, 5.41) is 0.641. The van der Waals surface area contributed by atoms with Crippen molar-refractivity contribution in [2.24, 2.45) is 5.92 Å². The van der Waals surface area contributed by atoms with Gasteiger partial charge in [-0.3, -0.25) is 0 Å². The largest absolute Gasteiger partial charge is 0.356 e. The Kier molecular flexibility index (Phi) is 3.21. The molecule has 0 aliphatic carbocycles. The van der Waals surface area contributed by atoms with Crippen molar-refractivity contribution in [3.63, 3.8) is 0 Å². The van der Waals surface area contributed by atoms with E-state index in [4.69, 9.17) is 11.6 Å². The van der Waals surface area contributed by atoms with Gasteiger partial charge in [-0.25, -0.2) is 4.98 Å². The maximum atomic E-state index is 10.7. The number of hydrogen-bond donors (Lipinski definition) is 0. The number of carbonyl (C=O) groups excluding carboxylic acids is 1. The monoisotopic (exact) mass is 224 g/mol. The Balaban J connectivity index is 2.09. The van der Waals surface area contributed by atoms with Gasteiger partial charge in [0.15, 0.2) is 0 Å². The second kappa shape index (κ2) is 4.62. The molecule has 0 spiro atoms. The lowest BCUT2D eigenvalue weighted by Crippen LogP contribution is -2.36. The van der Waals surface area contributed by atoms with Crippen LogP contribution in [0.2, 0.25) is 5.02 Å². The first kappa shape index (κ1) is 10.4. The number of pyridine rings is 1. The Bertz CT molecular complexity index is 339. The standard InChI is InChI=1S/C11H13ClN2O/c12-10-3-4-11(13-6-10)14-5-1-2-9(7-14)8-15/h3-4,6,8-9H,1-2,5,7H2. The molecule has 4 heteroatoms. The first-order valence-electron chi connectivity index (χ1n) is 5.11. The molecule has 2 heterocycles. The Labute approximate surface area is 94.1 Å². The fourth-order valence-corrected chi connectivity index (χ4v) is 2.00. The van der Waals surface area contributed by atoms with Crippen molar-refractivity contribution in [1.82, 2.24) is 4.98 Å². The summed E-state index contributed by atoms with van der Waals surface area (Å²) in [6.07, 6.45) is 4.73. The maximum Gasteiger partial charge on any atom is 0.128 e. The van der Waals surface area contributed by atoms with E-state index in [0.29, 0.717) is 5.02 Å². The summed E-state index contributed by atoms with van der Waals surface area (Å²) in [5.41, 5.74) is 0. The van der Waals surface area contributed by atoms with Gasteiger partial charge in [-0.15, -0.1) is 0 Å². The van der Waals surface area contributed by atoms with E-state index in [1.165, 1.54) is 0 Å². The predicted octanol–water partition coefficient (Wildman–Crippen LogP) is 2.15. The fourth-order valence-electron chi connectivity index (χ4n) is 1.88. The lowest BCUT2D eigenvalue weighted by molar-refractivity contribution is -0.111. The molecular formula is C11H13ClN2O. The maximum absolute atomic E-state index is 10.7. The van der Waals surface area contributed by atoms with E-state index < -0.39 is 0 Å². The summed E-state index contributed by atoms with van der Waals surface area (Å²) < 4.78 is 0. The van der Waals surface area contributed by atoms with Crippen LogP contribution in [0.1, 0.15) is 12.8 Å². The van der Waals surface area contributed by atoms with Gasteiger partial charge in [-0.05, 0) is 25.0 Å². The van der Waals surface area contributed by atoms with Crippen molar-refractivity contribution in [2.45, 2.75) is 12.8 Å². The number of rotatable bonds is 2. The van der Waals surface area contributed by atoms with Gasteiger partial charge in [0.05, 0.1) is 5.02 Å². The van der Waals surface area contributed by atoms with Gasteiger partial charge in [-0.1, -0.05) is 11.6 Å². The highest BCUT2D eigenvalue weighted by Gasteiger charge is 2.19. The summed E-state index contributed by atoms with van der Waals surface area (Å²) in [7, 11) is 0. The number of aromatic nitrogens is 1. The minimum absolute atomic E-state index is 0.149. The summed E-state index contributed by atoms with van der Waals surface area (Å²) in [6, 6.07) is 3.73. The van der Waals surface area contributed by atoms with Crippen LogP contribution in [0.25, 0.3) is 0 Å². The topological polar surface area (TPSA) is 33.2 Å². The summed E-state index contributed by atoms with van der Waals surface area (Å²) in [6.45, 7) is 1.75. The number of halogens is 1. The average Bonchev–Trinajstić information content (AvgIpc) is 2.30. The van der Waals surface area contributed by atoms with E-state index in [-0.39, 0.29) is 5.92 Å². The summed E-state index contributed by atoms with van der Waals surface area (Å²) in [5.74, 6) is 1.06. The van der Waals surface area contributed by atoms with E-state index in [0.717, 1.165) is 38.0 Å². The molecule has 15 heavy (non-hydrogen) atoms. The molecule has 0 bridgehead atoms. The smallest absolute Gasteiger partial charge is 0.128 e. The molecule has 0 amide bonds. The molecule has 1 aliphatic rings. The first-order valence-corrected chi connectivity index (χ1v) is 5.49. The zero-order valence-corrected chi connectivity index (χ0v) is 9.15. The average molecular weight is 225 g/mol. The number of carbonyl (C=O) groups is 1. The minimum Gasteiger partial charge on any atom is -0.356 e. The summed E-state index contributed by atoms with van der Waals surface area (Å²) >= 11 is 5.77. The third kappa shape index (κ3) is 2.48. The highest BCUT2D eigenvalue weighted by Crippen LogP contribution is 2.21. The summed E-state index contributed by atoms with van der Waals surface area (Å²) in [4.78, 5) is 17.1. The number of aldehydes is 1. The molecule has 1 aliphatic heterocycles. The van der Waals surface area contributed by atoms with Crippen LogP contribution in [0.5, 0.6) is 0 Å². The zero-order chi connectivity index (χ0) is 10.7. The third-order valence-electron chi connectivity index (χ3n) is 2.69. The van der Waals surface area contributed by atoms with E-state index in [2.05, 4.69) is 9.88 Å². The number of nitrogens with zero attached hydrogens (tertiary/aromatic N) is 2. The van der Waals surface area contributed by atoms with Crippen LogP contribution in [-0.2, 0) is 4.79 Å². The molecule has 80 valence electrons. The molecule has 0 radical (unpaired) electrons. The van der Waals surface area contributed by atoms with Gasteiger partial charge < -0.3 is 9.69 Å². The van der Waals surface area contributed by atoms with Crippen molar-refractivity contribution < 1.29 is 4.79 Å². The molecule has 0 saturated carbocycles. The molecule has 1 aromatic heterocycles. The van der Waals surface area contributed by atoms with Gasteiger partial charge in [-0.2, -0.15) is 0 Å². The third-order valence-corrected chi connectivity index (χ3v) is 2.91. The van der Waals surface area contributed by atoms with Crippen LogP contribution in [0.4, 0.5) is 5.82 Å². The minimum atomic E-state index is 0.149. The van der Waals surface area contributed by atoms with Crippen LogP contribution in [0.3, 0.4) is 0 Å². The van der Waals surface area contributed by atoms with Crippen LogP contribution >= 0.6 is 11.6 Å². The molecule has 2 rings (SSSR count). The van der Waals surface area contributed by atoms with E-state index in [1.54, 1.807) is 6.20 Å². The van der Waals surface area contributed by atoms with Gasteiger partial charge in [0.2, 0.25) is 0 Å². The van der Waals surface area contributed by atoms with Gasteiger partial charge >= 0.3 is 0 Å². The predicted molar refractivity (Wildman–Crippen MR) is 60.2 cm³/mol. The highest BCUT2D eigenvalue weighted by atomic mass is 35.5. The molecule has 1 saturated heterocycles. The number of piperidine rings is 1. The van der Waals surface area contributed by atoms with Crippen LogP contribution < -0.4 is 4.90 Å². The molecule has 3 nitrogen and oxygen atoms in total. The molecule has 1 unspecified atom stereocenters. The van der Waals surface area contributed by atoms with Crippen molar-refractivity contribution >= 4 is 23.7 Å².